The number of hydrogen-bond acceptors (Lipinski definition) is 6. The molecule has 0 N–H and O–H groups in total. The minimum absolute atomic E-state index is 0.613. The monoisotopic (exact) mass is 323 g/mol. The number of rotatable bonds is 10. The molecule has 6 nitrogen and oxygen atoms in total. The normalized spacial score (nSPS) is 10.6. The van der Waals surface area contributed by atoms with E-state index in [4.69, 9.17) is 14.2 Å². The molecule has 0 atom stereocenters. The van der Waals surface area contributed by atoms with E-state index < -0.39 is 0 Å². The second-order valence-corrected chi connectivity index (χ2v) is 5.59. The maximum Gasteiger partial charge on any atom is 0.191 e. The molecule has 22 heavy (non-hydrogen) atoms. The lowest BCUT2D eigenvalue weighted by atomic mass is 10.3. The summed E-state index contributed by atoms with van der Waals surface area (Å²) in [4.78, 5) is 0. The fraction of sp³-hybridized carbons (Fsp3) is 0.467. The first-order valence-electron chi connectivity index (χ1n) is 7.10. The van der Waals surface area contributed by atoms with E-state index in [-0.39, 0.29) is 0 Å². The van der Waals surface area contributed by atoms with Gasteiger partial charge in [0.25, 0.3) is 0 Å². The van der Waals surface area contributed by atoms with Crippen molar-refractivity contribution < 1.29 is 14.2 Å². The van der Waals surface area contributed by atoms with Gasteiger partial charge in [-0.3, -0.25) is 0 Å². The van der Waals surface area contributed by atoms with Crippen LogP contribution >= 0.6 is 11.8 Å². The standard InChI is InChI=1S/C15H21N3O3S/c1-19-9-3-8-18-12-16-17-15(18)22-11-10-21-14-6-4-13(20-2)5-7-14/h4-7,12H,3,8-11H2,1-2H3. The van der Waals surface area contributed by atoms with Gasteiger partial charge in [-0.05, 0) is 30.7 Å². The van der Waals surface area contributed by atoms with Crippen LogP contribution in [-0.2, 0) is 11.3 Å². The molecule has 0 amide bonds. The third-order valence-corrected chi connectivity index (χ3v) is 3.92. The van der Waals surface area contributed by atoms with Crippen LogP contribution in [0.2, 0.25) is 0 Å². The number of benzene rings is 1. The first-order chi connectivity index (χ1) is 10.8. The molecule has 120 valence electrons. The van der Waals surface area contributed by atoms with Gasteiger partial charge in [-0.25, -0.2) is 0 Å². The molecule has 1 heterocycles. The molecule has 0 spiro atoms. The van der Waals surface area contributed by atoms with E-state index in [1.807, 2.05) is 28.8 Å². The fourth-order valence-corrected chi connectivity index (χ4v) is 2.61. The molecule has 2 rings (SSSR count). The zero-order valence-electron chi connectivity index (χ0n) is 12.9. The lowest BCUT2D eigenvalue weighted by Crippen LogP contribution is -2.04. The van der Waals surface area contributed by atoms with Crippen molar-refractivity contribution >= 4 is 11.8 Å². The molecular weight excluding hydrogens is 302 g/mol. The van der Waals surface area contributed by atoms with Crippen LogP contribution in [0.15, 0.2) is 35.7 Å². The number of hydrogen-bond donors (Lipinski definition) is 0. The summed E-state index contributed by atoms with van der Waals surface area (Å²) in [5.74, 6) is 2.48. The first-order valence-corrected chi connectivity index (χ1v) is 8.08. The second kappa shape index (κ2) is 9.32. The van der Waals surface area contributed by atoms with Crippen molar-refractivity contribution in [2.24, 2.45) is 0 Å². The van der Waals surface area contributed by atoms with Gasteiger partial charge >= 0.3 is 0 Å². The molecule has 0 radical (unpaired) electrons. The molecule has 0 unspecified atom stereocenters. The molecule has 0 bridgehead atoms. The molecular formula is C15H21N3O3S. The van der Waals surface area contributed by atoms with Gasteiger partial charge in [0.15, 0.2) is 5.16 Å². The number of ether oxygens (including phenoxy) is 3. The molecule has 0 saturated heterocycles. The molecule has 0 aliphatic rings. The number of methoxy groups -OCH3 is 2. The van der Waals surface area contributed by atoms with Crippen molar-refractivity contribution in [2.45, 2.75) is 18.1 Å². The van der Waals surface area contributed by atoms with Gasteiger partial charge in [-0.1, -0.05) is 11.8 Å². The molecule has 0 aliphatic heterocycles. The highest BCUT2D eigenvalue weighted by molar-refractivity contribution is 7.99. The Morgan fingerprint density at radius 3 is 2.59 bits per heavy atom. The van der Waals surface area contributed by atoms with Gasteiger partial charge in [0, 0.05) is 26.0 Å². The van der Waals surface area contributed by atoms with Crippen molar-refractivity contribution in [1.82, 2.24) is 14.8 Å². The van der Waals surface area contributed by atoms with E-state index >= 15 is 0 Å². The van der Waals surface area contributed by atoms with Crippen LogP contribution in [-0.4, -0.2) is 48.0 Å². The van der Waals surface area contributed by atoms with Crippen LogP contribution in [0, 0.1) is 0 Å². The Kier molecular flexibility index (Phi) is 7.05. The highest BCUT2D eigenvalue weighted by Crippen LogP contribution is 2.18. The van der Waals surface area contributed by atoms with Gasteiger partial charge < -0.3 is 18.8 Å². The average Bonchev–Trinajstić information content (AvgIpc) is 3.00. The summed E-state index contributed by atoms with van der Waals surface area (Å²) in [5, 5.41) is 8.99. The summed E-state index contributed by atoms with van der Waals surface area (Å²) in [5.41, 5.74) is 0. The van der Waals surface area contributed by atoms with E-state index in [0.29, 0.717) is 6.61 Å². The van der Waals surface area contributed by atoms with Crippen molar-refractivity contribution in [2.75, 3.05) is 33.2 Å². The van der Waals surface area contributed by atoms with Gasteiger partial charge in [0.05, 0.1) is 13.7 Å². The number of nitrogens with zero attached hydrogens (tertiary/aromatic N) is 3. The molecule has 1 aromatic heterocycles. The average molecular weight is 323 g/mol. The van der Waals surface area contributed by atoms with Crippen LogP contribution in [0.25, 0.3) is 0 Å². The Labute approximate surface area is 134 Å². The summed E-state index contributed by atoms with van der Waals surface area (Å²) >= 11 is 1.64. The summed E-state index contributed by atoms with van der Waals surface area (Å²) in [7, 11) is 3.35. The molecule has 0 fully saturated rings. The molecule has 0 saturated carbocycles. The Hall–Kier alpha value is -1.73. The van der Waals surface area contributed by atoms with Crippen molar-refractivity contribution in [1.29, 1.82) is 0 Å². The van der Waals surface area contributed by atoms with Crippen molar-refractivity contribution in [3.05, 3.63) is 30.6 Å². The lowest BCUT2D eigenvalue weighted by Gasteiger charge is -2.08. The summed E-state index contributed by atoms with van der Waals surface area (Å²) < 4.78 is 17.9. The lowest BCUT2D eigenvalue weighted by molar-refractivity contribution is 0.189. The predicted octanol–water partition coefficient (Wildman–Crippen LogP) is 2.49. The van der Waals surface area contributed by atoms with Crippen LogP contribution < -0.4 is 9.47 Å². The van der Waals surface area contributed by atoms with E-state index in [1.54, 1.807) is 32.3 Å². The van der Waals surface area contributed by atoms with Crippen LogP contribution in [0.5, 0.6) is 11.5 Å². The van der Waals surface area contributed by atoms with E-state index in [0.717, 1.165) is 42.0 Å². The Balaban J connectivity index is 1.71. The van der Waals surface area contributed by atoms with Gasteiger partial charge in [-0.15, -0.1) is 10.2 Å². The zero-order valence-corrected chi connectivity index (χ0v) is 13.7. The van der Waals surface area contributed by atoms with Crippen LogP contribution in [0.1, 0.15) is 6.42 Å². The third kappa shape index (κ3) is 5.23. The van der Waals surface area contributed by atoms with Gasteiger partial charge in [0.2, 0.25) is 0 Å². The van der Waals surface area contributed by atoms with Gasteiger partial charge in [-0.2, -0.15) is 0 Å². The number of thioether (sulfide) groups is 1. The minimum atomic E-state index is 0.613. The van der Waals surface area contributed by atoms with Crippen LogP contribution in [0.4, 0.5) is 0 Å². The fourth-order valence-electron chi connectivity index (χ4n) is 1.85. The molecule has 2 aromatic rings. The van der Waals surface area contributed by atoms with Crippen molar-refractivity contribution in [3.63, 3.8) is 0 Å². The Bertz CT molecular complexity index is 545. The van der Waals surface area contributed by atoms with Crippen molar-refractivity contribution in [3.8, 4) is 11.5 Å². The largest absolute Gasteiger partial charge is 0.497 e. The summed E-state index contributed by atoms with van der Waals surface area (Å²) in [6, 6.07) is 7.57. The number of aryl methyl sites for hydroxylation is 1. The Morgan fingerprint density at radius 2 is 1.86 bits per heavy atom. The smallest absolute Gasteiger partial charge is 0.191 e. The van der Waals surface area contributed by atoms with Crippen LogP contribution in [0.3, 0.4) is 0 Å². The predicted molar refractivity (Wildman–Crippen MR) is 85.7 cm³/mol. The molecule has 0 aliphatic carbocycles. The maximum atomic E-state index is 5.69. The minimum Gasteiger partial charge on any atom is -0.497 e. The maximum absolute atomic E-state index is 5.69. The summed E-state index contributed by atoms with van der Waals surface area (Å²) in [6.07, 6.45) is 2.70. The third-order valence-electron chi connectivity index (χ3n) is 2.97. The zero-order chi connectivity index (χ0) is 15.6. The molecule has 1 aromatic carbocycles. The quantitative estimate of drug-likeness (QED) is 0.494. The SMILES string of the molecule is COCCCn1cnnc1SCCOc1ccc(OC)cc1. The summed E-state index contributed by atoms with van der Waals surface area (Å²) in [6.45, 7) is 2.22. The highest BCUT2D eigenvalue weighted by Gasteiger charge is 2.05. The number of aromatic nitrogens is 3. The van der Waals surface area contributed by atoms with E-state index in [1.165, 1.54) is 0 Å². The van der Waals surface area contributed by atoms with E-state index in [9.17, 15) is 0 Å². The van der Waals surface area contributed by atoms with Gasteiger partial charge in [0.1, 0.15) is 17.8 Å². The van der Waals surface area contributed by atoms with E-state index in [2.05, 4.69) is 10.2 Å². The molecule has 7 heteroatoms. The highest BCUT2D eigenvalue weighted by atomic mass is 32.2. The topological polar surface area (TPSA) is 58.4 Å². The first kappa shape index (κ1) is 16.6. The second-order valence-electron chi connectivity index (χ2n) is 4.53. The Morgan fingerprint density at radius 1 is 1.09 bits per heavy atom.